The van der Waals surface area contributed by atoms with Crippen LogP contribution in [0.25, 0.3) is 0 Å². The molecule has 1 rings (SSSR count). The Hall–Kier alpha value is -2.21. The second-order valence-corrected chi connectivity index (χ2v) is 3.67. The summed E-state index contributed by atoms with van der Waals surface area (Å²) in [4.78, 5) is 1.54. The molecule has 0 N–H and O–H groups in total. The molecule has 1 aromatic rings. The van der Waals surface area contributed by atoms with Gasteiger partial charge in [0.05, 0.1) is 29.7 Å². The number of anilines is 1. The van der Waals surface area contributed by atoms with Crippen LogP contribution in [0.2, 0.25) is 0 Å². The molecular formula is C12H10F3N3. The summed E-state index contributed by atoms with van der Waals surface area (Å²) < 4.78 is 38.1. The standard InChI is InChI=1S/C12H10F3N3/c1-18(6-2-5-16)10-4-3-9(8-17)11(7-10)12(13,14)15/h3-4,7H,2,6H2,1H3. The maximum Gasteiger partial charge on any atom is 0.417 e. The topological polar surface area (TPSA) is 50.8 Å². The lowest BCUT2D eigenvalue weighted by atomic mass is 10.1. The Balaban J connectivity index is 3.12. The molecule has 0 saturated carbocycles. The minimum atomic E-state index is -4.56. The van der Waals surface area contributed by atoms with Crippen molar-refractivity contribution in [3.8, 4) is 12.1 Å². The van der Waals surface area contributed by atoms with Crippen LogP contribution in [0.1, 0.15) is 17.5 Å². The summed E-state index contributed by atoms with van der Waals surface area (Å²) >= 11 is 0. The van der Waals surface area contributed by atoms with E-state index in [-0.39, 0.29) is 6.42 Å². The van der Waals surface area contributed by atoms with Gasteiger partial charge in [0.15, 0.2) is 0 Å². The molecule has 0 aromatic heterocycles. The van der Waals surface area contributed by atoms with Crippen LogP contribution < -0.4 is 4.90 Å². The van der Waals surface area contributed by atoms with Gasteiger partial charge in [0.1, 0.15) is 0 Å². The monoisotopic (exact) mass is 253 g/mol. The van der Waals surface area contributed by atoms with E-state index >= 15 is 0 Å². The molecule has 0 saturated heterocycles. The van der Waals surface area contributed by atoms with E-state index in [1.807, 2.05) is 6.07 Å². The van der Waals surface area contributed by atoms with Crippen LogP contribution in [0, 0.1) is 22.7 Å². The van der Waals surface area contributed by atoms with Gasteiger partial charge in [-0.2, -0.15) is 23.7 Å². The Morgan fingerprint density at radius 1 is 1.28 bits per heavy atom. The van der Waals surface area contributed by atoms with Crippen molar-refractivity contribution in [2.24, 2.45) is 0 Å². The smallest absolute Gasteiger partial charge is 0.374 e. The van der Waals surface area contributed by atoms with Crippen LogP contribution in [0.4, 0.5) is 18.9 Å². The summed E-state index contributed by atoms with van der Waals surface area (Å²) in [5, 5.41) is 17.1. The van der Waals surface area contributed by atoms with Crippen molar-refractivity contribution >= 4 is 5.69 Å². The van der Waals surface area contributed by atoms with Crippen molar-refractivity contribution in [1.29, 1.82) is 10.5 Å². The molecule has 0 spiro atoms. The molecule has 0 bridgehead atoms. The molecule has 18 heavy (non-hydrogen) atoms. The first-order chi connectivity index (χ1) is 8.40. The molecule has 0 unspecified atom stereocenters. The fourth-order valence-corrected chi connectivity index (χ4v) is 1.45. The number of alkyl halides is 3. The molecule has 1 aromatic carbocycles. The number of halogens is 3. The van der Waals surface area contributed by atoms with Gasteiger partial charge in [0, 0.05) is 19.3 Å². The summed E-state index contributed by atoms with van der Waals surface area (Å²) in [6.07, 6.45) is -4.34. The highest BCUT2D eigenvalue weighted by molar-refractivity contribution is 5.54. The summed E-state index contributed by atoms with van der Waals surface area (Å²) in [5.41, 5.74) is -1.03. The highest BCUT2D eigenvalue weighted by Gasteiger charge is 2.34. The third-order valence-electron chi connectivity index (χ3n) is 2.43. The minimum absolute atomic E-state index is 0.220. The van der Waals surface area contributed by atoms with E-state index in [0.29, 0.717) is 12.2 Å². The van der Waals surface area contributed by atoms with E-state index in [9.17, 15) is 13.2 Å². The zero-order valence-electron chi connectivity index (χ0n) is 9.62. The predicted octanol–water partition coefficient (Wildman–Crippen LogP) is 2.93. The average Bonchev–Trinajstić information content (AvgIpc) is 2.34. The lowest BCUT2D eigenvalue weighted by Crippen LogP contribution is -2.19. The third kappa shape index (κ3) is 3.14. The molecule has 0 aliphatic rings. The van der Waals surface area contributed by atoms with Gasteiger partial charge in [0.25, 0.3) is 0 Å². The normalized spacial score (nSPS) is 10.6. The second-order valence-electron chi connectivity index (χ2n) is 3.67. The van der Waals surface area contributed by atoms with Gasteiger partial charge in [-0.3, -0.25) is 0 Å². The van der Waals surface area contributed by atoms with Gasteiger partial charge >= 0.3 is 6.18 Å². The molecule has 3 nitrogen and oxygen atoms in total. The Labute approximate surface area is 103 Å². The molecular weight excluding hydrogens is 243 g/mol. The quantitative estimate of drug-likeness (QED) is 0.832. The van der Waals surface area contributed by atoms with Gasteiger partial charge < -0.3 is 4.90 Å². The molecule has 0 heterocycles. The van der Waals surface area contributed by atoms with Crippen LogP contribution in [0.5, 0.6) is 0 Å². The number of nitriles is 2. The SMILES string of the molecule is CN(CCC#N)c1ccc(C#N)c(C(F)(F)F)c1. The molecule has 6 heteroatoms. The van der Waals surface area contributed by atoms with Crippen LogP contribution in [-0.2, 0) is 6.18 Å². The van der Waals surface area contributed by atoms with E-state index < -0.39 is 17.3 Å². The van der Waals surface area contributed by atoms with Gasteiger partial charge in [0.2, 0.25) is 0 Å². The van der Waals surface area contributed by atoms with Gasteiger partial charge in [-0.15, -0.1) is 0 Å². The minimum Gasteiger partial charge on any atom is -0.374 e. The Morgan fingerprint density at radius 2 is 1.94 bits per heavy atom. The van der Waals surface area contributed by atoms with Crippen molar-refractivity contribution in [2.45, 2.75) is 12.6 Å². The van der Waals surface area contributed by atoms with Crippen molar-refractivity contribution in [3.05, 3.63) is 29.3 Å². The maximum absolute atomic E-state index is 12.7. The summed E-state index contributed by atoms with van der Waals surface area (Å²) in [7, 11) is 1.60. The molecule has 0 radical (unpaired) electrons. The average molecular weight is 253 g/mol. The fraction of sp³-hybridized carbons (Fsp3) is 0.333. The lowest BCUT2D eigenvalue weighted by Gasteiger charge is -2.19. The van der Waals surface area contributed by atoms with Gasteiger partial charge in [-0.25, -0.2) is 0 Å². The zero-order valence-corrected chi connectivity index (χ0v) is 9.62. The summed E-state index contributed by atoms with van der Waals surface area (Å²) in [6.45, 7) is 0.333. The van der Waals surface area contributed by atoms with E-state index in [0.717, 1.165) is 12.1 Å². The maximum atomic E-state index is 12.7. The first-order valence-corrected chi connectivity index (χ1v) is 5.09. The lowest BCUT2D eigenvalue weighted by molar-refractivity contribution is -0.137. The zero-order chi connectivity index (χ0) is 13.8. The number of benzene rings is 1. The summed E-state index contributed by atoms with van der Waals surface area (Å²) in [5.74, 6) is 0. The Morgan fingerprint density at radius 3 is 2.44 bits per heavy atom. The number of hydrogen-bond donors (Lipinski definition) is 0. The number of rotatable bonds is 3. The van der Waals surface area contributed by atoms with E-state index in [2.05, 4.69) is 0 Å². The van der Waals surface area contributed by atoms with Gasteiger partial charge in [-0.05, 0) is 18.2 Å². The molecule has 0 aliphatic heterocycles. The molecule has 0 amide bonds. The number of nitrogens with zero attached hydrogens (tertiary/aromatic N) is 3. The van der Waals surface area contributed by atoms with Crippen LogP contribution in [0.15, 0.2) is 18.2 Å². The van der Waals surface area contributed by atoms with Crippen LogP contribution in [-0.4, -0.2) is 13.6 Å². The van der Waals surface area contributed by atoms with Crippen molar-refractivity contribution in [3.63, 3.8) is 0 Å². The first kappa shape index (κ1) is 13.9. The summed E-state index contributed by atoms with van der Waals surface area (Å²) in [6, 6.07) is 6.94. The van der Waals surface area contributed by atoms with E-state index in [1.165, 1.54) is 12.1 Å². The fourth-order valence-electron chi connectivity index (χ4n) is 1.45. The van der Waals surface area contributed by atoms with Crippen molar-refractivity contribution < 1.29 is 13.2 Å². The molecule has 0 fully saturated rings. The van der Waals surface area contributed by atoms with E-state index in [1.54, 1.807) is 11.9 Å². The van der Waals surface area contributed by atoms with Gasteiger partial charge in [-0.1, -0.05) is 0 Å². The van der Waals surface area contributed by atoms with Crippen molar-refractivity contribution in [2.75, 3.05) is 18.5 Å². The molecule has 0 atom stereocenters. The number of hydrogen-bond acceptors (Lipinski definition) is 3. The Bertz CT molecular complexity index is 509. The first-order valence-electron chi connectivity index (χ1n) is 5.09. The highest BCUT2D eigenvalue weighted by Crippen LogP contribution is 2.34. The largest absolute Gasteiger partial charge is 0.417 e. The Kier molecular flexibility index (Phi) is 4.17. The predicted molar refractivity (Wildman–Crippen MR) is 59.7 cm³/mol. The second kappa shape index (κ2) is 5.42. The van der Waals surface area contributed by atoms with E-state index in [4.69, 9.17) is 10.5 Å². The van der Waals surface area contributed by atoms with Crippen molar-refractivity contribution in [1.82, 2.24) is 0 Å². The molecule has 94 valence electrons. The van der Waals surface area contributed by atoms with Crippen LogP contribution >= 0.6 is 0 Å². The van der Waals surface area contributed by atoms with Crippen LogP contribution in [0.3, 0.4) is 0 Å². The molecule has 0 aliphatic carbocycles. The third-order valence-corrected chi connectivity index (χ3v) is 2.43. The highest BCUT2D eigenvalue weighted by atomic mass is 19.4.